The predicted molar refractivity (Wildman–Crippen MR) is 63.0 cm³/mol. The van der Waals surface area contributed by atoms with Crippen LogP contribution in [0.2, 0.25) is 0 Å². The van der Waals surface area contributed by atoms with Crippen LogP contribution >= 0.6 is 0 Å². The molecule has 94 valence electrons. The first-order chi connectivity index (χ1) is 8.46. The first-order valence-electron chi connectivity index (χ1n) is 5.16. The Balaban J connectivity index is 2.41. The molecule has 0 saturated heterocycles. The van der Waals surface area contributed by atoms with Gasteiger partial charge in [-0.1, -0.05) is 30.3 Å². The van der Waals surface area contributed by atoms with Crippen LogP contribution in [-0.4, -0.2) is 6.36 Å². The first kappa shape index (κ1) is 12.3. The number of alkyl halides is 3. The molecule has 2 N–H and O–H groups in total. The van der Waals surface area contributed by atoms with Crippen molar-refractivity contribution in [1.82, 2.24) is 0 Å². The van der Waals surface area contributed by atoms with Crippen molar-refractivity contribution < 1.29 is 17.9 Å². The molecule has 0 aliphatic rings. The van der Waals surface area contributed by atoms with Gasteiger partial charge in [-0.2, -0.15) is 0 Å². The van der Waals surface area contributed by atoms with Crippen LogP contribution < -0.4 is 10.5 Å². The molecule has 0 spiro atoms. The summed E-state index contributed by atoms with van der Waals surface area (Å²) >= 11 is 0. The molecule has 0 saturated carbocycles. The molecule has 2 nitrogen and oxygen atoms in total. The summed E-state index contributed by atoms with van der Waals surface area (Å²) in [7, 11) is 0. The fourth-order valence-electron chi connectivity index (χ4n) is 1.58. The third-order valence-electron chi connectivity index (χ3n) is 2.33. The van der Waals surface area contributed by atoms with Crippen molar-refractivity contribution in [1.29, 1.82) is 0 Å². The Labute approximate surface area is 102 Å². The summed E-state index contributed by atoms with van der Waals surface area (Å²) in [6.45, 7) is 0. The van der Waals surface area contributed by atoms with Crippen LogP contribution in [0.1, 0.15) is 0 Å². The lowest BCUT2D eigenvalue weighted by Gasteiger charge is -2.13. The van der Waals surface area contributed by atoms with E-state index in [-0.39, 0.29) is 5.75 Å². The minimum Gasteiger partial charge on any atom is -0.405 e. The van der Waals surface area contributed by atoms with E-state index in [0.29, 0.717) is 16.8 Å². The molecule has 0 unspecified atom stereocenters. The van der Waals surface area contributed by atoms with Gasteiger partial charge in [0.2, 0.25) is 0 Å². The van der Waals surface area contributed by atoms with Gasteiger partial charge in [0.05, 0.1) is 0 Å². The summed E-state index contributed by atoms with van der Waals surface area (Å²) in [4.78, 5) is 0. The van der Waals surface area contributed by atoms with Crippen molar-refractivity contribution in [3.05, 3.63) is 48.5 Å². The highest BCUT2D eigenvalue weighted by Gasteiger charge is 2.32. The highest BCUT2D eigenvalue weighted by molar-refractivity contribution is 5.71. The Hall–Kier alpha value is -2.17. The van der Waals surface area contributed by atoms with E-state index >= 15 is 0 Å². The van der Waals surface area contributed by atoms with E-state index in [1.165, 1.54) is 12.1 Å². The minimum atomic E-state index is -4.70. The zero-order valence-electron chi connectivity index (χ0n) is 9.24. The number of ether oxygens (including phenoxy) is 1. The van der Waals surface area contributed by atoms with Crippen molar-refractivity contribution in [3.8, 4) is 16.9 Å². The number of para-hydroxylation sites is 1. The molecular formula is C13H10F3NO. The smallest absolute Gasteiger partial charge is 0.405 e. The molecule has 0 fully saturated rings. The Kier molecular flexibility index (Phi) is 3.14. The maximum atomic E-state index is 12.3. The molecule has 0 aliphatic carbocycles. The maximum absolute atomic E-state index is 12.3. The topological polar surface area (TPSA) is 35.2 Å². The summed E-state index contributed by atoms with van der Waals surface area (Å²) < 4.78 is 40.8. The fraction of sp³-hybridized carbons (Fsp3) is 0.0769. The van der Waals surface area contributed by atoms with E-state index in [1.807, 2.05) is 0 Å². The van der Waals surface area contributed by atoms with Crippen molar-refractivity contribution in [3.63, 3.8) is 0 Å². The SMILES string of the molecule is Nc1ccc(-c2ccccc2OC(F)(F)F)cc1. The van der Waals surface area contributed by atoms with E-state index in [2.05, 4.69) is 4.74 Å². The second kappa shape index (κ2) is 4.60. The van der Waals surface area contributed by atoms with Crippen LogP contribution in [0.4, 0.5) is 18.9 Å². The standard InChI is InChI=1S/C13H10F3NO/c14-13(15,16)18-12-4-2-1-3-11(12)9-5-7-10(17)8-6-9/h1-8H,17H2. The Morgan fingerprint density at radius 2 is 1.50 bits per heavy atom. The van der Waals surface area contributed by atoms with Gasteiger partial charge >= 0.3 is 6.36 Å². The summed E-state index contributed by atoms with van der Waals surface area (Å²) in [5.41, 5.74) is 7.07. The molecule has 0 aliphatic heterocycles. The first-order valence-corrected chi connectivity index (χ1v) is 5.16. The van der Waals surface area contributed by atoms with Gasteiger partial charge in [-0.05, 0) is 23.8 Å². The van der Waals surface area contributed by atoms with Gasteiger partial charge in [0.15, 0.2) is 0 Å². The minimum absolute atomic E-state index is 0.227. The average Bonchev–Trinajstić information content (AvgIpc) is 2.29. The zero-order valence-corrected chi connectivity index (χ0v) is 9.24. The van der Waals surface area contributed by atoms with Gasteiger partial charge < -0.3 is 10.5 Å². The largest absolute Gasteiger partial charge is 0.573 e. The van der Waals surface area contributed by atoms with Crippen LogP contribution in [0, 0.1) is 0 Å². The Morgan fingerprint density at radius 1 is 0.889 bits per heavy atom. The molecule has 2 aromatic rings. The normalized spacial score (nSPS) is 11.3. The number of nitrogens with two attached hydrogens (primary N) is 1. The van der Waals surface area contributed by atoms with Crippen molar-refractivity contribution >= 4 is 5.69 Å². The van der Waals surface area contributed by atoms with Gasteiger partial charge in [-0.3, -0.25) is 0 Å². The van der Waals surface area contributed by atoms with Crippen LogP contribution in [0.15, 0.2) is 48.5 Å². The molecule has 0 amide bonds. The number of hydrogen-bond donors (Lipinski definition) is 1. The molecule has 0 atom stereocenters. The summed E-state index contributed by atoms with van der Waals surface area (Å²) in [5, 5.41) is 0. The highest BCUT2D eigenvalue weighted by atomic mass is 19.4. The highest BCUT2D eigenvalue weighted by Crippen LogP contribution is 2.33. The summed E-state index contributed by atoms with van der Waals surface area (Å²) in [6.07, 6.45) is -4.70. The third kappa shape index (κ3) is 2.94. The number of anilines is 1. The lowest BCUT2D eigenvalue weighted by atomic mass is 10.0. The van der Waals surface area contributed by atoms with Crippen LogP contribution in [0.25, 0.3) is 11.1 Å². The quantitative estimate of drug-likeness (QED) is 0.825. The van der Waals surface area contributed by atoms with Crippen LogP contribution in [0.3, 0.4) is 0 Å². The monoisotopic (exact) mass is 253 g/mol. The number of hydrogen-bond acceptors (Lipinski definition) is 2. The van der Waals surface area contributed by atoms with E-state index in [9.17, 15) is 13.2 Å². The summed E-state index contributed by atoms with van der Waals surface area (Å²) in [5.74, 6) is -0.227. The van der Waals surface area contributed by atoms with Gasteiger partial charge in [0.1, 0.15) is 5.75 Å². The van der Waals surface area contributed by atoms with Crippen molar-refractivity contribution in [2.45, 2.75) is 6.36 Å². The van der Waals surface area contributed by atoms with E-state index < -0.39 is 6.36 Å². The number of nitrogen functional groups attached to an aromatic ring is 1. The second-order valence-corrected chi connectivity index (χ2v) is 3.67. The molecule has 2 rings (SSSR count). The predicted octanol–water partition coefficient (Wildman–Crippen LogP) is 3.83. The molecule has 0 bridgehead atoms. The molecule has 2 aromatic carbocycles. The van der Waals surface area contributed by atoms with Crippen LogP contribution in [-0.2, 0) is 0 Å². The van der Waals surface area contributed by atoms with Gasteiger partial charge in [-0.15, -0.1) is 13.2 Å². The molecule has 0 aromatic heterocycles. The zero-order chi connectivity index (χ0) is 13.2. The molecule has 0 heterocycles. The lowest BCUT2D eigenvalue weighted by molar-refractivity contribution is -0.274. The lowest BCUT2D eigenvalue weighted by Crippen LogP contribution is -2.17. The van der Waals surface area contributed by atoms with E-state index in [1.54, 1.807) is 36.4 Å². The molecule has 0 radical (unpaired) electrons. The average molecular weight is 253 g/mol. The molecule has 5 heteroatoms. The van der Waals surface area contributed by atoms with Gasteiger partial charge in [0.25, 0.3) is 0 Å². The van der Waals surface area contributed by atoms with E-state index in [4.69, 9.17) is 5.73 Å². The van der Waals surface area contributed by atoms with Crippen molar-refractivity contribution in [2.24, 2.45) is 0 Å². The van der Waals surface area contributed by atoms with Crippen molar-refractivity contribution in [2.75, 3.05) is 5.73 Å². The molecule has 18 heavy (non-hydrogen) atoms. The number of halogens is 3. The van der Waals surface area contributed by atoms with E-state index in [0.717, 1.165) is 0 Å². The fourth-order valence-corrected chi connectivity index (χ4v) is 1.58. The Bertz CT molecular complexity index is 535. The molecular weight excluding hydrogens is 243 g/mol. The third-order valence-corrected chi connectivity index (χ3v) is 2.33. The van der Waals surface area contributed by atoms with Gasteiger partial charge in [0, 0.05) is 11.3 Å². The van der Waals surface area contributed by atoms with Crippen LogP contribution in [0.5, 0.6) is 5.75 Å². The second-order valence-electron chi connectivity index (χ2n) is 3.67. The summed E-state index contributed by atoms with van der Waals surface area (Å²) in [6, 6.07) is 12.5. The number of rotatable bonds is 2. The van der Waals surface area contributed by atoms with Gasteiger partial charge in [-0.25, -0.2) is 0 Å². The maximum Gasteiger partial charge on any atom is 0.573 e. The Morgan fingerprint density at radius 3 is 2.11 bits per heavy atom. The number of benzene rings is 2.